The van der Waals surface area contributed by atoms with Crippen LogP contribution in [0.3, 0.4) is 0 Å². The number of fused-ring (bicyclic) bond motifs is 1. The number of hydrogen-bond acceptors (Lipinski definition) is 5. The van der Waals surface area contributed by atoms with E-state index in [2.05, 4.69) is 9.97 Å². The SMILES string of the molecule is O=c1[nH]c(-c2ccccc2C(F)(F)F)nc2cc(O)c(O)c(O)c12. The lowest BCUT2D eigenvalue weighted by atomic mass is 10.1. The van der Waals surface area contributed by atoms with Crippen molar-refractivity contribution in [3.63, 3.8) is 0 Å². The molecule has 6 nitrogen and oxygen atoms in total. The predicted octanol–water partition coefficient (Wildman–Crippen LogP) is 2.73. The van der Waals surface area contributed by atoms with Gasteiger partial charge in [0.2, 0.25) is 5.75 Å². The molecule has 0 fully saturated rings. The first kappa shape index (κ1) is 15.7. The fourth-order valence-corrected chi connectivity index (χ4v) is 2.33. The summed E-state index contributed by atoms with van der Waals surface area (Å²) < 4.78 is 39.3. The van der Waals surface area contributed by atoms with E-state index in [1.54, 1.807) is 0 Å². The smallest absolute Gasteiger partial charge is 0.417 e. The van der Waals surface area contributed by atoms with Crippen molar-refractivity contribution in [2.75, 3.05) is 0 Å². The van der Waals surface area contributed by atoms with Crippen LogP contribution in [0.1, 0.15) is 5.56 Å². The molecule has 0 radical (unpaired) electrons. The van der Waals surface area contributed by atoms with Gasteiger partial charge >= 0.3 is 6.18 Å². The Kier molecular flexibility index (Phi) is 3.36. The standard InChI is InChI=1S/C15H9F3N2O4/c16-15(17,18)7-4-2-1-3-6(7)13-19-8-5-9(21)11(22)12(23)10(8)14(24)20-13/h1-5,21-23H,(H,19,20,24). The fourth-order valence-electron chi connectivity index (χ4n) is 2.33. The predicted molar refractivity (Wildman–Crippen MR) is 77.8 cm³/mol. The van der Waals surface area contributed by atoms with Gasteiger partial charge in [0.05, 0.1) is 11.1 Å². The largest absolute Gasteiger partial charge is 0.504 e. The fraction of sp³-hybridized carbons (Fsp3) is 0.0667. The summed E-state index contributed by atoms with van der Waals surface area (Å²) in [6, 6.07) is 5.39. The Morgan fingerprint density at radius 1 is 1.04 bits per heavy atom. The molecule has 2 aromatic carbocycles. The number of aromatic nitrogens is 2. The molecule has 0 atom stereocenters. The lowest BCUT2D eigenvalue weighted by molar-refractivity contribution is -0.137. The van der Waals surface area contributed by atoms with E-state index in [1.807, 2.05) is 0 Å². The number of rotatable bonds is 1. The van der Waals surface area contributed by atoms with Gasteiger partial charge in [-0.1, -0.05) is 18.2 Å². The van der Waals surface area contributed by atoms with Crippen LogP contribution in [0.5, 0.6) is 17.2 Å². The molecule has 0 aliphatic heterocycles. The third-order valence-corrected chi connectivity index (χ3v) is 3.41. The highest BCUT2D eigenvalue weighted by molar-refractivity contribution is 5.90. The zero-order chi connectivity index (χ0) is 17.6. The zero-order valence-electron chi connectivity index (χ0n) is 11.7. The van der Waals surface area contributed by atoms with Gasteiger partial charge in [-0.3, -0.25) is 4.79 Å². The Balaban J connectivity index is 2.35. The van der Waals surface area contributed by atoms with Crippen molar-refractivity contribution in [3.05, 3.63) is 46.2 Å². The van der Waals surface area contributed by atoms with Gasteiger partial charge in [-0.15, -0.1) is 0 Å². The minimum absolute atomic E-state index is 0.265. The first-order chi connectivity index (χ1) is 11.2. The second kappa shape index (κ2) is 5.15. The lowest BCUT2D eigenvalue weighted by Gasteiger charge is -2.12. The molecular weight excluding hydrogens is 329 g/mol. The average molecular weight is 338 g/mol. The second-order valence-corrected chi connectivity index (χ2v) is 4.94. The Labute approximate surface area is 131 Å². The molecule has 124 valence electrons. The van der Waals surface area contributed by atoms with Crippen LogP contribution >= 0.6 is 0 Å². The van der Waals surface area contributed by atoms with E-state index in [-0.39, 0.29) is 16.9 Å². The van der Waals surface area contributed by atoms with E-state index in [0.717, 1.165) is 18.2 Å². The summed E-state index contributed by atoms with van der Waals surface area (Å²) in [5.74, 6) is -2.97. The number of H-pyrrole nitrogens is 1. The van der Waals surface area contributed by atoms with E-state index in [0.29, 0.717) is 0 Å². The topological polar surface area (TPSA) is 106 Å². The zero-order valence-corrected chi connectivity index (χ0v) is 11.7. The Hall–Kier alpha value is -3.23. The van der Waals surface area contributed by atoms with Crippen LogP contribution in [0.4, 0.5) is 13.2 Å². The normalized spacial score (nSPS) is 11.8. The van der Waals surface area contributed by atoms with Crippen LogP contribution in [0.25, 0.3) is 22.3 Å². The molecule has 24 heavy (non-hydrogen) atoms. The number of alkyl halides is 3. The highest BCUT2D eigenvalue weighted by Gasteiger charge is 2.34. The number of benzene rings is 2. The van der Waals surface area contributed by atoms with Crippen molar-refractivity contribution in [1.29, 1.82) is 0 Å². The highest BCUT2D eigenvalue weighted by atomic mass is 19.4. The van der Waals surface area contributed by atoms with Crippen LogP contribution in [-0.2, 0) is 6.18 Å². The van der Waals surface area contributed by atoms with Crippen LogP contribution in [0, 0.1) is 0 Å². The number of phenolic OH excluding ortho intramolecular Hbond substituents is 3. The van der Waals surface area contributed by atoms with Gasteiger partial charge in [-0.25, -0.2) is 4.98 Å². The molecule has 0 amide bonds. The Bertz CT molecular complexity index is 1010. The van der Waals surface area contributed by atoms with Crippen LogP contribution in [0.15, 0.2) is 35.1 Å². The maximum Gasteiger partial charge on any atom is 0.417 e. The van der Waals surface area contributed by atoms with E-state index in [9.17, 15) is 33.3 Å². The summed E-state index contributed by atoms with van der Waals surface area (Å²) in [6.45, 7) is 0. The quantitative estimate of drug-likeness (QED) is 0.511. The Morgan fingerprint density at radius 3 is 2.38 bits per heavy atom. The number of hydrogen-bond donors (Lipinski definition) is 4. The highest BCUT2D eigenvalue weighted by Crippen LogP contribution is 2.40. The summed E-state index contributed by atoms with van der Waals surface area (Å²) in [5, 5.41) is 28.2. The maximum absolute atomic E-state index is 13.1. The summed E-state index contributed by atoms with van der Waals surface area (Å²) in [5.41, 5.74) is -2.59. The molecule has 4 N–H and O–H groups in total. The third-order valence-electron chi connectivity index (χ3n) is 3.41. The van der Waals surface area contributed by atoms with Crippen molar-refractivity contribution in [2.24, 2.45) is 0 Å². The molecule has 0 saturated heterocycles. The van der Waals surface area contributed by atoms with Gasteiger partial charge in [-0.2, -0.15) is 13.2 Å². The molecule has 0 spiro atoms. The van der Waals surface area contributed by atoms with E-state index in [4.69, 9.17) is 0 Å². The van der Waals surface area contributed by atoms with Gasteiger partial charge in [0.15, 0.2) is 11.5 Å². The lowest BCUT2D eigenvalue weighted by Crippen LogP contribution is -2.13. The molecule has 0 aliphatic rings. The van der Waals surface area contributed by atoms with Gasteiger partial charge < -0.3 is 20.3 Å². The molecule has 0 saturated carbocycles. The minimum atomic E-state index is -4.66. The molecule has 9 heteroatoms. The second-order valence-electron chi connectivity index (χ2n) is 4.94. The van der Waals surface area contributed by atoms with Crippen LogP contribution in [0.2, 0.25) is 0 Å². The van der Waals surface area contributed by atoms with Crippen molar-refractivity contribution in [3.8, 4) is 28.6 Å². The monoisotopic (exact) mass is 338 g/mol. The Morgan fingerprint density at radius 2 is 1.71 bits per heavy atom. The van der Waals surface area contributed by atoms with Crippen molar-refractivity contribution >= 4 is 10.9 Å². The van der Waals surface area contributed by atoms with Crippen LogP contribution < -0.4 is 5.56 Å². The third kappa shape index (κ3) is 2.39. The van der Waals surface area contributed by atoms with E-state index in [1.165, 1.54) is 12.1 Å². The number of aromatic amines is 1. The molecular formula is C15H9F3N2O4. The van der Waals surface area contributed by atoms with E-state index < -0.39 is 39.9 Å². The maximum atomic E-state index is 13.1. The summed E-state index contributed by atoms with van der Waals surface area (Å²) in [7, 11) is 0. The van der Waals surface area contributed by atoms with E-state index >= 15 is 0 Å². The number of aromatic hydroxyl groups is 3. The van der Waals surface area contributed by atoms with Crippen molar-refractivity contribution < 1.29 is 28.5 Å². The number of nitrogens with zero attached hydrogens (tertiary/aromatic N) is 1. The van der Waals surface area contributed by atoms with Crippen molar-refractivity contribution in [2.45, 2.75) is 6.18 Å². The molecule has 1 heterocycles. The number of nitrogens with one attached hydrogen (secondary N) is 1. The van der Waals surface area contributed by atoms with Gasteiger partial charge in [-0.05, 0) is 6.07 Å². The average Bonchev–Trinajstić information content (AvgIpc) is 2.51. The summed E-state index contributed by atoms with van der Waals surface area (Å²) >= 11 is 0. The molecule has 3 aromatic rings. The molecule has 1 aromatic heterocycles. The van der Waals surface area contributed by atoms with Gasteiger partial charge in [0, 0.05) is 11.6 Å². The van der Waals surface area contributed by atoms with Gasteiger partial charge in [0.25, 0.3) is 5.56 Å². The summed E-state index contributed by atoms with van der Waals surface area (Å²) in [6.07, 6.45) is -4.66. The first-order valence-electron chi connectivity index (χ1n) is 6.54. The number of halogens is 3. The molecule has 3 rings (SSSR count). The first-order valence-corrected chi connectivity index (χ1v) is 6.54. The minimum Gasteiger partial charge on any atom is -0.504 e. The molecule has 0 unspecified atom stereocenters. The molecule has 0 bridgehead atoms. The van der Waals surface area contributed by atoms with Gasteiger partial charge in [0.1, 0.15) is 11.2 Å². The number of phenols is 3. The molecule has 0 aliphatic carbocycles. The van der Waals surface area contributed by atoms with Crippen molar-refractivity contribution in [1.82, 2.24) is 9.97 Å². The summed E-state index contributed by atoms with van der Waals surface area (Å²) in [4.78, 5) is 18.1. The van der Waals surface area contributed by atoms with Crippen LogP contribution in [-0.4, -0.2) is 25.3 Å².